The molecule has 1 aliphatic carbocycles. The summed E-state index contributed by atoms with van der Waals surface area (Å²) in [6.45, 7) is 9.38. The van der Waals surface area contributed by atoms with Gasteiger partial charge in [0.15, 0.2) is 0 Å². The molecule has 0 saturated carbocycles. The van der Waals surface area contributed by atoms with E-state index < -0.39 is 0 Å². The fraction of sp³-hybridized carbons (Fsp3) is 0.104. The minimum atomic E-state index is -0.151. The van der Waals surface area contributed by atoms with Crippen LogP contribution in [-0.2, 0) is 5.41 Å². The first kappa shape index (κ1) is 30.8. The molecular formula is C48H39N3. The third-order valence-corrected chi connectivity index (χ3v) is 10.7. The maximum Gasteiger partial charge on any atom is 0.139 e. The summed E-state index contributed by atoms with van der Waals surface area (Å²) in [6.07, 6.45) is 8.61. The van der Waals surface area contributed by atoms with Gasteiger partial charge in [0.25, 0.3) is 0 Å². The van der Waals surface area contributed by atoms with Crippen LogP contribution in [0.25, 0.3) is 28.5 Å². The molecule has 0 amide bonds. The Morgan fingerprint density at radius 1 is 0.647 bits per heavy atom. The van der Waals surface area contributed by atoms with Gasteiger partial charge in [-0.1, -0.05) is 142 Å². The molecule has 5 aromatic carbocycles. The number of aromatic nitrogens is 1. The van der Waals surface area contributed by atoms with Crippen molar-refractivity contribution in [1.29, 1.82) is 0 Å². The Bertz CT molecular complexity index is 2360. The van der Waals surface area contributed by atoms with E-state index in [1.165, 1.54) is 44.8 Å². The van der Waals surface area contributed by atoms with Gasteiger partial charge in [0.05, 0.1) is 28.5 Å². The number of benzene rings is 5. The van der Waals surface area contributed by atoms with E-state index in [1.54, 1.807) is 0 Å². The molecule has 0 N–H and O–H groups in total. The molecule has 1 aromatic heterocycles. The molecule has 0 atom stereocenters. The summed E-state index contributed by atoms with van der Waals surface area (Å²) < 4.78 is 0. The van der Waals surface area contributed by atoms with Crippen LogP contribution in [0.5, 0.6) is 0 Å². The highest BCUT2D eigenvalue weighted by atomic mass is 15.2. The molecule has 0 spiro atoms. The van der Waals surface area contributed by atoms with E-state index in [4.69, 9.17) is 11.6 Å². The molecule has 246 valence electrons. The van der Waals surface area contributed by atoms with E-state index in [1.807, 2.05) is 0 Å². The molecular weight excluding hydrogens is 619 g/mol. The Labute approximate surface area is 300 Å². The predicted molar refractivity (Wildman–Crippen MR) is 214 cm³/mol. The third kappa shape index (κ3) is 5.25. The largest absolute Gasteiger partial charge is 0.310 e. The monoisotopic (exact) mass is 657 g/mol. The summed E-state index contributed by atoms with van der Waals surface area (Å²) in [7, 11) is 0. The zero-order valence-corrected chi connectivity index (χ0v) is 29.1. The van der Waals surface area contributed by atoms with Crippen LogP contribution in [0.1, 0.15) is 54.5 Å². The van der Waals surface area contributed by atoms with Crippen LogP contribution in [-0.4, -0.2) is 4.98 Å². The maximum atomic E-state index is 5.46. The van der Waals surface area contributed by atoms with Gasteiger partial charge >= 0.3 is 0 Å². The topological polar surface area (TPSA) is 19.4 Å². The van der Waals surface area contributed by atoms with Gasteiger partial charge in [-0.3, -0.25) is 0 Å². The average Bonchev–Trinajstić information content (AvgIpc) is 3.18. The summed E-state index contributed by atoms with van der Waals surface area (Å²) >= 11 is 0. The lowest BCUT2D eigenvalue weighted by molar-refractivity contribution is 0.632. The van der Waals surface area contributed by atoms with Crippen LogP contribution in [0.15, 0.2) is 176 Å². The second-order valence-corrected chi connectivity index (χ2v) is 14.1. The lowest BCUT2D eigenvalue weighted by Gasteiger charge is -2.42. The summed E-state index contributed by atoms with van der Waals surface area (Å²) in [5.41, 5.74) is 16.2. The SMILES string of the molecule is C=C1C2=C(C=C(c3ccccc3)CC2)N(c2cc(N3c4ccccc4C(C)(C)c4ccccc43)cc(-c3ccccc3)n2)/C=C\c2ccccc21. The van der Waals surface area contributed by atoms with E-state index in [0.29, 0.717) is 0 Å². The Kier molecular flexibility index (Phi) is 7.43. The number of para-hydroxylation sites is 2. The third-order valence-electron chi connectivity index (χ3n) is 10.7. The number of hydrogen-bond donors (Lipinski definition) is 0. The molecule has 0 radical (unpaired) electrons. The van der Waals surface area contributed by atoms with Gasteiger partial charge in [-0.05, 0) is 87.7 Å². The Morgan fingerprint density at radius 2 is 1.25 bits per heavy atom. The first-order valence-electron chi connectivity index (χ1n) is 17.8. The van der Waals surface area contributed by atoms with Crippen LogP contribution in [0, 0.1) is 0 Å². The highest BCUT2D eigenvalue weighted by molar-refractivity contribution is 5.91. The van der Waals surface area contributed by atoms with Crippen molar-refractivity contribution in [3.8, 4) is 11.3 Å². The van der Waals surface area contributed by atoms with Gasteiger partial charge in [-0.2, -0.15) is 0 Å². The molecule has 51 heavy (non-hydrogen) atoms. The number of fused-ring (bicyclic) bond motifs is 3. The van der Waals surface area contributed by atoms with E-state index in [0.717, 1.165) is 52.4 Å². The molecule has 3 heteroatoms. The van der Waals surface area contributed by atoms with Crippen molar-refractivity contribution in [1.82, 2.24) is 4.98 Å². The first-order valence-corrected chi connectivity index (χ1v) is 17.8. The molecule has 0 saturated heterocycles. The standard InChI is InChI=1S/C48H39N3/c1-33-39-21-11-10-18-35(39)28-29-50(46-30-37(26-27-40(33)46)34-16-6-4-7-17-34)47-32-38(31-43(49-47)36-19-8-5-9-20-36)51-44-24-14-12-22-41(44)48(2,3)42-23-13-15-25-45(42)51/h4-25,28-32H,1,26-27H2,2-3H3/b29-28-. The molecule has 0 bridgehead atoms. The second-order valence-electron chi connectivity index (χ2n) is 14.1. The molecule has 6 aromatic rings. The number of nitrogens with zero attached hydrogens (tertiary/aromatic N) is 3. The first-order chi connectivity index (χ1) is 25.0. The molecule has 0 unspecified atom stereocenters. The summed E-state index contributed by atoms with van der Waals surface area (Å²) in [4.78, 5) is 10.2. The van der Waals surface area contributed by atoms with Crippen molar-refractivity contribution in [2.24, 2.45) is 0 Å². The number of pyridine rings is 1. The zero-order chi connectivity index (χ0) is 34.5. The number of allylic oxidation sites excluding steroid dienone is 4. The van der Waals surface area contributed by atoms with Crippen molar-refractivity contribution in [2.75, 3.05) is 9.80 Å². The molecule has 2 aliphatic heterocycles. The van der Waals surface area contributed by atoms with Crippen LogP contribution in [0.3, 0.4) is 0 Å². The lowest BCUT2D eigenvalue weighted by Crippen LogP contribution is -2.30. The van der Waals surface area contributed by atoms with Crippen molar-refractivity contribution in [3.05, 3.63) is 204 Å². The van der Waals surface area contributed by atoms with Gasteiger partial charge < -0.3 is 9.80 Å². The van der Waals surface area contributed by atoms with Crippen molar-refractivity contribution in [3.63, 3.8) is 0 Å². The number of hydrogen-bond acceptors (Lipinski definition) is 3. The minimum Gasteiger partial charge on any atom is -0.310 e. The Balaban J connectivity index is 1.30. The van der Waals surface area contributed by atoms with Gasteiger partial charge in [-0.15, -0.1) is 0 Å². The lowest BCUT2D eigenvalue weighted by atomic mass is 9.73. The number of anilines is 4. The highest BCUT2D eigenvalue weighted by Gasteiger charge is 2.37. The van der Waals surface area contributed by atoms with Crippen molar-refractivity contribution in [2.45, 2.75) is 32.1 Å². The van der Waals surface area contributed by atoms with Gasteiger partial charge in [0.2, 0.25) is 0 Å². The molecule has 9 rings (SSSR count). The average molecular weight is 658 g/mol. The van der Waals surface area contributed by atoms with E-state index >= 15 is 0 Å². The fourth-order valence-corrected chi connectivity index (χ4v) is 8.09. The second kappa shape index (κ2) is 12.3. The Morgan fingerprint density at radius 3 is 1.96 bits per heavy atom. The van der Waals surface area contributed by atoms with Crippen LogP contribution in [0.4, 0.5) is 22.9 Å². The summed E-state index contributed by atoms with van der Waals surface area (Å²) in [6, 6.07) is 52.0. The molecule has 3 nitrogen and oxygen atoms in total. The minimum absolute atomic E-state index is 0.151. The molecule has 3 heterocycles. The Hall–Kier alpha value is -6.19. The normalized spacial score (nSPS) is 16.6. The number of rotatable bonds is 4. The molecule has 3 aliphatic rings. The van der Waals surface area contributed by atoms with Crippen LogP contribution >= 0.6 is 0 Å². The predicted octanol–water partition coefficient (Wildman–Crippen LogP) is 12.5. The van der Waals surface area contributed by atoms with Crippen LogP contribution in [0.2, 0.25) is 0 Å². The fourth-order valence-electron chi connectivity index (χ4n) is 8.09. The maximum absolute atomic E-state index is 5.46. The van der Waals surface area contributed by atoms with Gasteiger partial charge in [0.1, 0.15) is 5.82 Å². The highest BCUT2D eigenvalue weighted by Crippen LogP contribution is 2.52. The van der Waals surface area contributed by atoms with E-state index in [-0.39, 0.29) is 5.41 Å². The summed E-state index contributed by atoms with van der Waals surface area (Å²) in [5.74, 6) is 0.854. The van der Waals surface area contributed by atoms with E-state index in [9.17, 15) is 0 Å². The molecule has 0 fully saturated rings. The van der Waals surface area contributed by atoms with E-state index in [2.05, 4.69) is 188 Å². The van der Waals surface area contributed by atoms with Gasteiger partial charge in [0, 0.05) is 23.2 Å². The smallest absolute Gasteiger partial charge is 0.139 e. The van der Waals surface area contributed by atoms with Crippen LogP contribution < -0.4 is 9.80 Å². The van der Waals surface area contributed by atoms with Crippen molar-refractivity contribution >= 4 is 40.1 Å². The quantitative estimate of drug-likeness (QED) is 0.188. The zero-order valence-electron chi connectivity index (χ0n) is 29.1. The van der Waals surface area contributed by atoms with Gasteiger partial charge in [-0.25, -0.2) is 4.98 Å². The summed E-state index contributed by atoms with van der Waals surface area (Å²) in [5, 5.41) is 0. The van der Waals surface area contributed by atoms with Crippen molar-refractivity contribution < 1.29 is 0 Å².